The van der Waals surface area contributed by atoms with Gasteiger partial charge in [0, 0.05) is 38.1 Å². The molecule has 16 heavy (non-hydrogen) atoms. The van der Waals surface area contributed by atoms with Crippen molar-refractivity contribution in [3.8, 4) is 0 Å². The molecule has 0 aromatic carbocycles. The second-order valence-corrected chi connectivity index (χ2v) is 5.16. The van der Waals surface area contributed by atoms with Gasteiger partial charge in [-0.15, -0.1) is 0 Å². The number of hydrogen-bond acceptors (Lipinski definition) is 3. The zero-order valence-electron chi connectivity index (χ0n) is 9.89. The van der Waals surface area contributed by atoms with E-state index in [0.29, 0.717) is 6.04 Å². The monoisotopic (exact) mass is 220 g/mol. The van der Waals surface area contributed by atoms with E-state index >= 15 is 0 Å². The van der Waals surface area contributed by atoms with Crippen molar-refractivity contribution in [2.45, 2.75) is 32.5 Å². The molecule has 1 fully saturated rings. The fourth-order valence-electron chi connectivity index (χ4n) is 2.91. The van der Waals surface area contributed by atoms with Gasteiger partial charge in [-0.05, 0) is 18.9 Å². The highest BCUT2D eigenvalue weighted by Gasteiger charge is 2.27. The summed E-state index contributed by atoms with van der Waals surface area (Å²) in [5.41, 5.74) is 0. The van der Waals surface area contributed by atoms with E-state index in [9.17, 15) is 0 Å². The summed E-state index contributed by atoms with van der Waals surface area (Å²) in [7, 11) is 0. The van der Waals surface area contributed by atoms with Crippen LogP contribution in [0.4, 0.5) is 0 Å². The minimum atomic E-state index is 0.703. The number of piperidine rings is 1. The highest BCUT2D eigenvalue weighted by Crippen LogP contribution is 2.19. The summed E-state index contributed by atoms with van der Waals surface area (Å²) in [6.07, 6.45) is 5.34. The Bertz CT molecular complexity index is 360. The van der Waals surface area contributed by atoms with Crippen molar-refractivity contribution >= 4 is 0 Å². The van der Waals surface area contributed by atoms with Gasteiger partial charge >= 0.3 is 0 Å². The first kappa shape index (κ1) is 10.3. The highest BCUT2D eigenvalue weighted by molar-refractivity contribution is 4.97. The molecule has 4 nitrogen and oxygen atoms in total. The number of nitrogens with zero attached hydrogens (tertiary/aromatic N) is 3. The second-order valence-electron chi connectivity index (χ2n) is 5.16. The van der Waals surface area contributed by atoms with Gasteiger partial charge in [0.1, 0.15) is 5.82 Å². The summed E-state index contributed by atoms with van der Waals surface area (Å²) < 4.78 is 2.27. The van der Waals surface area contributed by atoms with Crippen molar-refractivity contribution in [2.75, 3.05) is 19.6 Å². The molecule has 1 aromatic heterocycles. The van der Waals surface area contributed by atoms with Crippen molar-refractivity contribution in [2.24, 2.45) is 5.92 Å². The average molecular weight is 220 g/mol. The van der Waals surface area contributed by atoms with E-state index < -0.39 is 0 Å². The van der Waals surface area contributed by atoms with Gasteiger partial charge in [0.2, 0.25) is 0 Å². The maximum atomic E-state index is 4.42. The lowest BCUT2D eigenvalue weighted by atomic mass is 9.96. The number of aromatic nitrogens is 2. The Morgan fingerprint density at radius 1 is 1.38 bits per heavy atom. The molecule has 0 aliphatic carbocycles. The molecule has 88 valence electrons. The maximum absolute atomic E-state index is 4.42. The fraction of sp³-hybridized carbons (Fsp3) is 0.750. The van der Waals surface area contributed by atoms with Crippen LogP contribution in [-0.2, 0) is 13.1 Å². The van der Waals surface area contributed by atoms with E-state index in [1.165, 1.54) is 25.3 Å². The molecule has 4 heteroatoms. The van der Waals surface area contributed by atoms with E-state index in [-0.39, 0.29) is 0 Å². The molecule has 0 saturated carbocycles. The number of hydrogen-bond donors (Lipinski definition) is 1. The third kappa shape index (κ3) is 1.87. The lowest BCUT2D eigenvalue weighted by Crippen LogP contribution is -2.50. The molecule has 2 atom stereocenters. The second kappa shape index (κ2) is 4.18. The normalized spacial score (nSPS) is 31.3. The average Bonchev–Trinajstić information content (AvgIpc) is 2.75. The van der Waals surface area contributed by atoms with Crippen molar-refractivity contribution in [1.29, 1.82) is 0 Å². The summed E-state index contributed by atoms with van der Waals surface area (Å²) in [4.78, 5) is 7.01. The van der Waals surface area contributed by atoms with Crippen molar-refractivity contribution < 1.29 is 0 Å². The Kier molecular flexibility index (Phi) is 2.69. The summed E-state index contributed by atoms with van der Waals surface area (Å²) >= 11 is 0. The SMILES string of the molecule is CC1CNCC(N2CCn3ccnc3C2)C1. The van der Waals surface area contributed by atoms with Crippen LogP contribution in [0.5, 0.6) is 0 Å². The van der Waals surface area contributed by atoms with Crippen molar-refractivity contribution in [3.63, 3.8) is 0 Å². The van der Waals surface area contributed by atoms with Crippen LogP contribution in [0.3, 0.4) is 0 Å². The molecule has 1 N–H and O–H groups in total. The molecule has 2 unspecified atom stereocenters. The molecule has 1 saturated heterocycles. The largest absolute Gasteiger partial charge is 0.333 e. The highest BCUT2D eigenvalue weighted by atomic mass is 15.3. The van der Waals surface area contributed by atoms with Crippen LogP contribution in [0, 0.1) is 5.92 Å². The molecule has 0 spiro atoms. The van der Waals surface area contributed by atoms with Crippen molar-refractivity contribution in [1.82, 2.24) is 19.8 Å². The first-order chi connectivity index (χ1) is 7.83. The minimum absolute atomic E-state index is 0.703. The van der Waals surface area contributed by atoms with Crippen LogP contribution in [0.1, 0.15) is 19.2 Å². The number of nitrogens with one attached hydrogen (secondary N) is 1. The van der Waals surface area contributed by atoms with Gasteiger partial charge in [-0.1, -0.05) is 6.92 Å². The van der Waals surface area contributed by atoms with Gasteiger partial charge in [-0.2, -0.15) is 0 Å². The Labute approximate surface area is 96.7 Å². The van der Waals surface area contributed by atoms with Gasteiger partial charge < -0.3 is 9.88 Å². The lowest BCUT2D eigenvalue weighted by molar-refractivity contribution is 0.114. The smallest absolute Gasteiger partial charge is 0.122 e. The molecule has 0 amide bonds. The zero-order valence-corrected chi connectivity index (χ0v) is 9.89. The molecule has 2 aliphatic rings. The molecule has 2 aliphatic heterocycles. The van der Waals surface area contributed by atoms with E-state index in [1.807, 2.05) is 6.20 Å². The van der Waals surface area contributed by atoms with Crippen molar-refractivity contribution in [3.05, 3.63) is 18.2 Å². The van der Waals surface area contributed by atoms with E-state index in [0.717, 1.165) is 25.6 Å². The lowest BCUT2D eigenvalue weighted by Gasteiger charge is -2.39. The molecular formula is C12H20N4. The van der Waals surface area contributed by atoms with Crippen LogP contribution in [0.25, 0.3) is 0 Å². The Morgan fingerprint density at radius 2 is 2.31 bits per heavy atom. The molecular weight excluding hydrogens is 200 g/mol. The fourth-order valence-corrected chi connectivity index (χ4v) is 2.91. The minimum Gasteiger partial charge on any atom is -0.333 e. The van der Waals surface area contributed by atoms with E-state index in [2.05, 4.69) is 32.9 Å². The Balaban J connectivity index is 1.68. The summed E-state index contributed by atoms with van der Waals surface area (Å²) in [6.45, 7) is 7.95. The Hall–Kier alpha value is -0.870. The van der Waals surface area contributed by atoms with Gasteiger partial charge in [0.05, 0.1) is 6.54 Å². The van der Waals surface area contributed by atoms with Crippen LogP contribution in [0.2, 0.25) is 0 Å². The van der Waals surface area contributed by atoms with E-state index in [1.54, 1.807) is 0 Å². The van der Waals surface area contributed by atoms with Crippen LogP contribution < -0.4 is 5.32 Å². The summed E-state index contributed by atoms with van der Waals surface area (Å²) in [5, 5.41) is 3.53. The molecule has 3 heterocycles. The molecule has 0 bridgehead atoms. The van der Waals surface area contributed by atoms with Gasteiger partial charge in [-0.25, -0.2) is 4.98 Å². The van der Waals surface area contributed by atoms with E-state index in [4.69, 9.17) is 0 Å². The number of imidazole rings is 1. The summed E-state index contributed by atoms with van der Waals surface area (Å²) in [5.74, 6) is 2.03. The first-order valence-electron chi connectivity index (χ1n) is 6.27. The van der Waals surface area contributed by atoms with Gasteiger partial charge in [-0.3, -0.25) is 4.90 Å². The third-order valence-electron chi connectivity index (χ3n) is 3.84. The quantitative estimate of drug-likeness (QED) is 0.756. The van der Waals surface area contributed by atoms with Crippen LogP contribution >= 0.6 is 0 Å². The summed E-state index contributed by atoms with van der Waals surface area (Å²) in [6, 6.07) is 0.703. The zero-order chi connectivity index (χ0) is 11.0. The van der Waals surface area contributed by atoms with Crippen LogP contribution in [0.15, 0.2) is 12.4 Å². The predicted octanol–water partition coefficient (Wildman–Crippen LogP) is 0.697. The maximum Gasteiger partial charge on any atom is 0.122 e. The van der Waals surface area contributed by atoms with Gasteiger partial charge in [0.25, 0.3) is 0 Å². The first-order valence-corrected chi connectivity index (χ1v) is 6.27. The van der Waals surface area contributed by atoms with Gasteiger partial charge in [0.15, 0.2) is 0 Å². The standard InChI is InChI=1S/C12H20N4/c1-10-6-11(8-13-7-10)16-5-4-15-3-2-14-12(15)9-16/h2-3,10-11,13H,4-9H2,1H3. The topological polar surface area (TPSA) is 33.1 Å². The third-order valence-corrected chi connectivity index (χ3v) is 3.84. The Morgan fingerprint density at radius 3 is 3.19 bits per heavy atom. The van der Waals surface area contributed by atoms with Crippen LogP contribution in [-0.4, -0.2) is 40.1 Å². The number of fused-ring (bicyclic) bond motifs is 1. The molecule has 1 aromatic rings. The number of rotatable bonds is 1. The molecule has 3 rings (SSSR count). The molecule has 0 radical (unpaired) electrons. The predicted molar refractivity (Wildman–Crippen MR) is 63.1 cm³/mol.